The summed E-state index contributed by atoms with van der Waals surface area (Å²) in [5.41, 5.74) is 1.28. The lowest BCUT2D eigenvalue weighted by atomic mass is 10.1. The first-order chi connectivity index (χ1) is 8.75. The van der Waals surface area contributed by atoms with E-state index in [0.717, 1.165) is 17.9 Å². The maximum atomic E-state index is 13.7. The van der Waals surface area contributed by atoms with Gasteiger partial charge in [-0.25, -0.2) is 9.37 Å². The van der Waals surface area contributed by atoms with Crippen molar-refractivity contribution in [2.75, 3.05) is 25.1 Å². The number of pyridine rings is 1. The monoisotopic (exact) mass is 244 g/mol. The second kappa shape index (κ2) is 4.29. The fourth-order valence-corrected chi connectivity index (χ4v) is 2.07. The lowest BCUT2D eigenvalue weighted by Gasteiger charge is -2.26. The highest BCUT2D eigenvalue weighted by atomic mass is 19.1. The Labute approximate surface area is 105 Å². The fraction of sp³-hybridized carbons (Fsp3) is 0.214. The number of hydrogen-bond acceptors (Lipinski definition) is 3. The van der Waals surface area contributed by atoms with Crippen LogP contribution >= 0.6 is 0 Å². The SMILES string of the molecule is CN1CCOc2cc(-c3ccccc3F)cnc21. The molecule has 1 aliphatic rings. The minimum Gasteiger partial charge on any atom is -0.488 e. The van der Waals surface area contributed by atoms with Gasteiger partial charge in [0.1, 0.15) is 12.4 Å². The van der Waals surface area contributed by atoms with Crippen LogP contribution in [0.25, 0.3) is 11.1 Å². The van der Waals surface area contributed by atoms with Gasteiger partial charge in [-0.2, -0.15) is 0 Å². The molecule has 1 aromatic heterocycles. The molecule has 0 saturated carbocycles. The van der Waals surface area contributed by atoms with Gasteiger partial charge in [-0.05, 0) is 12.1 Å². The largest absolute Gasteiger partial charge is 0.488 e. The van der Waals surface area contributed by atoms with E-state index in [4.69, 9.17) is 4.74 Å². The average molecular weight is 244 g/mol. The van der Waals surface area contributed by atoms with E-state index in [1.807, 2.05) is 24.1 Å². The van der Waals surface area contributed by atoms with Gasteiger partial charge in [-0.3, -0.25) is 0 Å². The molecule has 0 N–H and O–H groups in total. The maximum Gasteiger partial charge on any atom is 0.171 e. The van der Waals surface area contributed by atoms with Crippen LogP contribution < -0.4 is 9.64 Å². The van der Waals surface area contributed by atoms with Crippen LogP contribution in [0.5, 0.6) is 5.75 Å². The zero-order chi connectivity index (χ0) is 12.5. The Balaban J connectivity index is 2.08. The predicted octanol–water partition coefficient (Wildman–Crippen LogP) is 2.72. The number of rotatable bonds is 1. The molecule has 4 heteroatoms. The average Bonchev–Trinajstić information content (AvgIpc) is 2.39. The Hall–Kier alpha value is -2.10. The third kappa shape index (κ3) is 1.79. The highest BCUT2D eigenvalue weighted by molar-refractivity contribution is 5.68. The number of ether oxygens (including phenoxy) is 1. The quantitative estimate of drug-likeness (QED) is 0.771. The molecule has 0 atom stereocenters. The van der Waals surface area contributed by atoms with Crippen LogP contribution in [0.15, 0.2) is 36.5 Å². The minimum absolute atomic E-state index is 0.247. The van der Waals surface area contributed by atoms with Gasteiger partial charge in [0.2, 0.25) is 0 Å². The number of likely N-dealkylation sites (N-methyl/N-ethyl adjacent to an activating group) is 1. The van der Waals surface area contributed by atoms with Gasteiger partial charge in [0.05, 0.1) is 6.54 Å². The van der Waals surface area contributed by atoms with E-state index in [2.05, 4.69) is 4.98 Å². The summed E-state index contributed by atoms with van der Waals surface area (Å²) in [5, 5.41) is 0. The molecule has 2 heterocycles. The van der Waals surface area contributed by atoms with Crippen molar-refractivity contribution in [3.8, 4) is 16.9 Å². The molecule has 18 heavy (non-hydrogen) atoms. The Bertz CT molecular complexity index is 586. The van der Waals surface area contributed by atoms with Crippen molar-refractivity contribution in [3.05, 3.63) is 42.3 Å². The number of fused-ring (bicyclic) bond motifs is 1. The normalized spacial score (nSPS) is 14.0. The van der Waals surface area contributed by atoms with Crippen LogP contribution in [0.1, 0.15) is 0 Å². The lowest BCUT2D eigenvalue weighted by Crippen LogP contribution is -2.29. The molecule has 0 aliphatic carbocycles. The van der Waals surface area contributed by atoms with Crippen LogP contribution in [0.3, 0.4) is 0 Å². The Morgan fingerprint density at radius 2 is 2.17 bits per heavy atom. The van der Waals surface area contributed by atoms with Crippen molar-refractivity contribution in [2.45, 2.75) is 0 Å². The third-order valence-corrected chi connectivity index (χ3v) is 3.06. The maximum absolute atomic E-state index is 13.7. The first kappa shape index (κ1) is 11.0. The first-order valence-electron chi connectivity index (χ1n) is 5.84. The lowest BCUT2D eigenvalue weighted by molar-refractivity contribution is 0.309. The molecule has 92 valence electrons. The Morgan fingerprint density at radius 1 is 1.33 bits per heavy atom. The van der Waals surface area contributed by atoms with Crippen molar-refractivity contribution in [2.24, 2.45) is 0 Å². The van der Waals surface area contributed by atoms with Crippen LogP contribution in [0.2, 0.25) is 0 Å². The molecular formula is C14H13FN2O. The number of nitrogens with zero attached hydrogens (tertiary/aromatic N) is 2. The van der Waals surface area contributed by atoms with Gasteiger partial charge < -0.3 is 9.64 Å². The van der Waals surface area contributed by atoms with Gasteiger partial charge in [-0.1, -0.05) is 18.2 Å². The highest BCUT2D eigenvalue weighted by Crippen LogP contribution is 2.33. The number of anilines is 1. The van der Waals surface area contributed by atoms with Crippen molar-refractivity contribution >= 4 is 5.82 Å². The summed E-state index contributed by atoms with van der Waals surface area (Å²) in [5.74, 6) is 1.27. The molecule has 2 aromatic rings. The van der Waals surface area contributed by atoms with Crippen molar-refractivity contribution in [1.29, 1.82) is 0 Å². The van der Waals surface area contributed by atoms with Gasteiger partial charge in [0, 0.05) is 24.4 Å². The molecule has 3 rings (SSSR count). The van der Waals surface area contributed by atoms with E-state index in [9.17, 15) is 4.39 Å². The van der Waals surface area contributed by atoms with Crippen LogP contribution in [-0.4, -0.2) is 25.2 Å². The van der Waals surface area contributed by atoms with Gasteiger partial charge in [0.15, 0.2) is 11.6 Å². The third-order valence-electron chi connectivity index (χ3n) is 3.06. The predicted molar refractivity (Wildman–Crippen MR) is 68.4 cm³/mol. The summed E-state index contributed by atoms with van der Waals surface area (Å²) >= 11 is 0. The molecule has 0 saturated heterocycles. The summed E-state index contributed by atoms with van der Waals surface area (Å²) in [4.78, 5) is 6.38. The topological polar surface area (TPSA) is 25.4 Å². The van der Waals surface area contributed by atoms with E-state index in [1.165, 1.54) is 6.07 Å². The van der Waals surface area contributed by atoms with Crippen molar-refractivity contribution in [1.82, 2.24) is 4.98 Å². The van der Waals surface area contributed by atoms with E-state index in [0.29, 0.717) is 17.9 Å². The van der Waals surface area contributed by atoms with Crippen LogP contribution in [0.4, 0.5) is 10.2 Å². The van der Waals surface area contributed by atoms with E-state index in [-0.39, 0.29) is 5.82 Å². The summed E-state index contributed by atoms with van der Waals surface area (Å²) in [7, 11) is 1.97. The summed E-state index contributed by atoms with van der Waals surface area (Å²) in [6.07, 6.45) is 1.68. The summed E-state index contributed by atoms with van der Waals surface area (Å²) < 4.78 is 19.3. The molecule has 0 bridgehead atoms. The van der Waals surface area contributed by atoms with E-state index >= 15 is 0 Å². The second-order valence-corrected chi connectivity index (χ2v) is 4.30. The zero-order valence-electron chi connectivity index (χ0n) is 10.1. The number of benzene rings is 1. The highest BCUT2D eigenvalue weighted by Gasteiger charge is 2.17. The minimum atomic E-state index is -0.247. The molecule has 0 amide bonds. The fourth-order valence-electron chi connectivity index (χ4n) is 2.07. The summed E-state index contributed by atoms with van der Waals surface area (Å²) in [6.45, 7) is 1.45. The van der Waals surface area contributed by atoms with Gasteiger partial charge >= 0.3 is 0 Å². The van der Waals surface area contributed by atoms with Gasteiger partial charge in [-0.15, -0.1) is 0 Å². The van der Waals surface area contributed by atoms with E-state index < -0.39 is 0 Å². The molecule has 3 nitrogen and oxygen atoms in total. The molecule has 0 radical (unpaired) electrons. The molecule has 1 aliphatic heterocycles. The first-order valence-corrected chi connectivity index (χ1v) is 5.84. The number of hydrogen-bond donors (Lipinski definition) is 0. The van der Waals surface area contributed by atoms with Gasteiger partial charge in [0.25, 0.3) is 0 Å². The van der Waals surface area contributed by atoms with E-state index in [1.54, 1.807) is 18.3 Å². The standard InChI is InChI=1S/C14H13FN2O/c1-17-6-7-18-13-8-10(9-16-14(13)17)11-4-2-3-5-12(11)15/h2-5,8-9H,6-7H2,1H3. The number of halogens is 1. The van der Waals surface area contributed by atoms with Crippen molar-refractivity contribution < 1.29 is 9.13 Å². The second-order valence-electron chi connectivity index (χ2n) is 4.30. The molecular weight excluding hydrogens is 231 g/mol. The van der Waals surface area contributed by atoms with Crippen LogP contribution in [-0.2, 0) is 0 Å². The molecule has 0 unspecified atom stereocenters. The van der Waals surface area contributed by atoms with Crippen LogP contribution in [0, 0.1) is 5.82 Å². The molecule has 0 spiro atoms. The van der Waals surface area contributed by atoms with Crippen molar-refractivity contribution in [3.63, 3.8) is 0 Å². The smallest absolute Gasteiger partial charge is 0.171 e. The number of aromatic nitrogens is 1. The Kier molecular flexibility index (Phi) is 2.63. The zero-order valence-corrected chi connectivity index (χ0v) is 10.1. The molecule has 1 aromatic carbocycles. The Morgan fingerprint density at radius 3 is 3.00 bits per heavy atom. The molecule has 0 fully saturated rings. The summed E-state index contributed by atoms with van der Waals surface area (Å²) in [6, 6.07) is 8.52.